The van der Waals surface area contributed by atoms with Crippen LogP contribution in [0, 0.1) is 5.82 Å². The normalized spacial score (nSPS) is 10.2. The first-order valence-electron chi connectivity index (χ1n) is 5.19. The van der Waals surface area contributed by atoms with Crippen LogP contribution in [0.3, 0.4) is 0 Å². The molecule has 1 N–H and O–H groups in total. The van der Waals surface area contributed by atoms with Crippen molar-refractivity contribution in [1.29, 1.82) is 0 Å². The van der Waals surface area contributed by atoms with Crippen molar-refractivity contribution < 1.29 is 13.9 Å². The Labute approximate surface area is 96.0 Å². The second-order valence-corrected chi connectivity index (χ2v) is 3.44. The summed E-state index contributed by atoms with van der Waals surface area (Å²) in [5, 5.41) is 0. The number of aromatic amines is 1. The van der Waals surface area contributed by atoms with Gasteiger partial charge in [0.15, 0.2) is 0 Å². The maximum atomic E-state index is 12.9. The molecule has 0 radical (unpaired) electrons. The van der Waals surface area contributed by atoms with Gasteiger partial charge in [-0.15, -0.1) is 0 Å². The summed E-state index contributed by atoms with van der Waals surface area (Å²) in [7, 11) is 0. The number of nitrogens with one attached hydrogen (secondary N) is 1. The zero-order valence-electron chi connectivity index (χ0n) is 9.36. The molecule has 94 valence electrons. The van der Waals surface area contributed by atoms with Crippen molar-refractivity contribution in [2.45, 2.75) is 26.3 Å². The van der Waals surface area contributed by atoms with Crippen LogP contribution in [-0.4, -0.2) is 22.1 Å². The molecule has 1 aromatic heterocycles. The van der Waals surface area contributed by atoms with Gasteiger partial charge in [0.1, 0.15) is 6.54 Å². The SMILES string of the molecule is CCCCOC(=O)Cn1cc(F)c(=O)[nH]c1=O. The van der Waals surface area contributed by atoms with Crippen LogP contribution in [0.15, 0.2) is 15.8 Å². The smallest absolute Gasteiger partial charge is 0.329 e. The average molecular weight is 244 g/mol. The lowest BCUT2D eigenvalue weighted by atomic mass is 10.4. The fourth-order valence-corrected chi connectivity index (χ4v) is 1.12. The second-order valence-electron chi connectivity index (χ2n) is 3.44. The molecule has 1 rings (SSSR count). The van der Waals surface area contributed by atoms with E-state index >= 15 is 0 Å². The molecule has 0 saturated heterocycles. The highest BCUT2D eigenvalue weighted by molar-refractivity contribution is 5.69. The average Bonchev–Trinajstić information content (AvgIpc) is 2.26. The topological polar surface area (TPSA) is 81.2 Å². The van der Waals surface area contributed by atoms with Crippen LogP contribution in [-0.2, 0) is 16.1 Å². The van der Waals surface area contributed by atoms with Crippen molar-refractivity contribution in [3.63, 3.8) is 0 Å². The second kappa shape index (κ2) is 5.97. The summed E-state index contributed by atoms with van der Waals surface area (Å²) in [5.41, 5.74) is -1.95. The molecule has 0 amide bonds. The molecule has 0 bridgehead atoms. The Hall–Kier alpha value is -1.92. The van der Waals surface area contributed by atoms with Crippen molar-refractivity contribution in [2.24, 2.45) is 0 Å². The van der Waals surface area contributed by atoms with Gasteiger partial charge in [0, 0.05) is 0 Å². The first kappa shape index (κ1) is 13.1. The number of H-pyrrole nitrogens is 1. The van der Waals surface area contributed by atoms with E-state index < -0.39 is 29.6 Å². The maximum absolute atomic E-state index is 12.9. The van der Waals surface area contributed by atoms with E-state index in [2.05, 4.69) is 0 Å². The Morgan fingerprint density at radius 2 is 2.24 bits per heavy atom. The molecule has 17 heavy (non-hydrogen) atoms. The third-order valence-corrected chi connectivity index (χ3v) is 2.03. The van der Waals surface area contributed by atoms with E-state index in [0.29, 0.717) is 6.20 Å². The summed E-state index contributed by atoms with van der Waals surface area (Å²) >= 11 is 0. The summed E-state index contributed by atoms with van der Waals surface area (Å²) in [4.78, 5) is 34.9. The number of carbonyl (C=O) groups is 1. The summed E-state index contributed by atoms with van der Waals surface area (Å²) in [6.07, 6.45) is 2.28. The lowest BCUT2D eigenvalue weighted by Crippen LogP contribution is -2.33. The van der Waals surface area contributed by atoms with Crippen LogP contribution in [0.2, 0.25) is 0 Å². The number of nitrogens with zero attached hydrogens (tertiary/aromatic N) is 1. The first-order chi connectivity index (χ1) is 8.04. The first-order valence-corrected chi connectivity index (χ1v) is 5.19. The number of hydrogen-bond donors (Lipinski definition) is 1. The van der Waals surface area contributed by atoms with Crippen LogP contribution in [0.1, 0.15) is 19.8 Å². The molecule has 1 heterocycles. The Kier molecular flexibility index (Phi) is 4.62. The molecule has 0 aliphatic carbocycles. The summed E-state index contributed by atoms with van der Waals surface area (Å²) < 4.78 is 18.4. The molecular formula is C10H13FN2O4. The minimum atomic E-state index is -1.12. The summed E-state index contributed by atoms with van der Waals surface area (Å²) in [6.45, 7) is 1.78. The predicted molar refractivity (Wildman–Crippen MR) is 57.1 cm³/mol. The molecule has 0 fully saturated rings. The minimum absolute atomic E-state index is 0.260. The monoisotopic (exact) mass is 244 g/mol. The van der Waals surface area contributed by atoms with Crippen molar-refractivity contribution in [1.82, 2.24) is 9.55 Å². The number of unbranched alkanes of at least 4 members (excludes halogenated alkanes) is 1. The summed E-state index contributed by atoms with van der Waals surface area (Å²) in [5.74, 6) is -1.77. The van der Waals surface area contributed by atoms with E-state index in [1.807, 2.05) is 6.92 Å². The van der Waals surface area contributed by atoms with E-state index in [-0.39, 0.29) is 6.61 Å². The van der Waals surface area contributed by atoms with E-state index in [0.717, 1.165) is 17.4 Å². The zero-order chi connectivity index (χ0) is 12.8. The van der Waals surface area contributed by atoms with Gasteiger partial charge in [-0.25, -0.2) is 4.79 Å². The third kappa shape index (κ3) is 3.86. The molecule has 1 aromatic rings. The summed E-state index contributed by atoms with van der Waals surface area (Å²) in [6, 6.07) is 0. The molecule has 0 saturated carbocycles. The predicted octanol–water partition coefficient (Wildman–Crippen LogP) is 0.0190. The van der Waals surface area contributed by atoms with Gasteiger partial charge >= 0.3 is 11.7 Å². The molecule has 0 aliphatic heterocycles. The Morgan fingerprint density at radius 1 is 1.53 bits per heavy atom. The number of ether oxygens (including phenoxy) is 1. The number of aromatic nitrogens is 2. The molecule has 0 spiro atoms. The minimum Gasteiger partial charge on any atom is -0.464 e. The number of hydrogen-bond acceptors (Lipinski definition) is 4. The Balaban J connectivity index is 2.69. The van der Waals surface area contributed by atoms with Gasteiger partial charge in [0.25, 0.3) is 5.56 Å². The van der Waals surface area contributed by atoms with E-state index in [1.165, 1.54) is 0 Å². The van der Waals surface area contributed by atoms with Crippen LogP contribution >= 0.6 is 0 Å². The zero-order valence-corrected chi connectivity index (χ0v) is 9.36. The van der Waals surface area contributed by atoms with Crippen molar-refractivity contribution >= 4 is 5.97 Å². The van der Waals surface area contributed by atoms with Gasteiger partial charge in [-0.05, 0) is 6.42 Å². The van der Waals surface area contributed by atoms with Crippen molar-refractivity contribution in [2.75, 3.05) is 6.61 Å². The maximum Gasteiger partial charge on any atom is 0.329 e. The Morgan fingerprint density at radius 3 is 2.88 bits per heavy atom. The van der Waals surface area contributed by atoms with E-state index in [4.69, 9.17) is 4.74 Å². The van der Waals surface area contributed by atoms with E-state index in [9.17, 15) is 18.8 Å². The Bertz CT molecular complexity index is 506. The molecule has 0 unspecified atom stereocenters. The molecular weight excluding hydrogens is 231 g/mol. The van der Waals surface area contributed by atoms with Gasteiger partial charge in [-0.3, -0.25) is 19.1 Å². The van der Waals surface area contributed by atoms with Crippen molar-refractivity contribution in [3.05, 3.63) is 32.9 Å². The fraction of sp³-hybridized carbons (Fsp3) is 0.500. The highest BCUT2D eigenvalue weighted by Gasteiger charge is 2.08. The van der Waals surface area contributed by atoms with Crippen LogP contribution in [0.25, 0.3) is 0 Å². The molecule has 7 heteroatoms. The van der Waals surface area contributed by atoms with Gasteiger partial charge in [-0.1, -0.05) is 13.3 Å². The number of rotatable bonds is 5. The van der Waals surface area contributed by atoms with Crippen LogP contribution in [0.5, 0.6) is 0 Å². The number of halogens is 1. The van der Waals surface area contributed by atoms with Crippen LogP contribution < -0.4 is 11.2 Å². The highest BCUT2D eigenvalue weighted by Crippen LogP contribution is 1.91. The number of carbonyl (C=O) groups excluding carboxylic acids is 1. The third-order valence-electron chi connectivity index (χ3n) is 2.03. The van der Waals surface area contributed by atoms with Gasteiger partial charge < -0.3 is 4.74 Å². The quantitative estimate of drug-likeness (QED) is 0.584. The van der Waals surface area contributed by atoms with Crippen LogP contribution in [0.4, 0.5) is 4.39 Å². The lowest BCUT2D eigenvalue weighted by Gasteiger charge is -2.05. The standard InChI is InChI=1S/C10H13FN2O4/c1-2-3-4-17-8(14)6-13-5-7(11)9(15)12-10(13)16/h5H,2-4,6H2,1H3,(H,12,15,16). The molecule has 0 aromatic carbocycles. The number of esters is 1. The van der Waals surface area contributed by atoms with E-state index in [1.54, 1.807) is 4.98 Å². The highest BCUT2D eigenvalue weighted by atomic mass is 19.1. The molecule has 6 nitrogen and oxygen atoms in total. The van der Waals surface area contributed by atoms with Gasteiger partial charge in [0.2, 0.25) is 5.82 Å². The van der Waals surface area contributed by atoms with Gasteiger partial charge in [-0.2, -0.15) is 4.39 Å². The molecule has 0 aliphatic rings. The fourth-order valence-electron chi connectivity index (χ4n) is 1.12. The lowest BCUT2D eigenvalue weighted by molar-refractivity contribution is -0.144. The largest absolute Gasteiger partial charge is 0.464 e. The van der Waals surface area contributed by atoms with Crippen molar-refractivity contribution in [3.8, 4) is 0 Å². The molecule has 0 atom stereocenters. The van der Waals surface area contributed by atoms with Gasteiger partial charge in [0.05, 0.1) is 12.8 Å².